The van der Waals surface area contributed by atoms with Crippen molar-refractivity contribution in [2.45, 2.75) is 50.4 Å². The summed E-state index contributed by atoms with van der Waals surface area (Å²) in [5, 5.41) is 2.30. The summed E-state index contributed by atoms with van der Waals surface area (Å²) in [7, 11) is 1.54. The summed E-state index contributed by atoms with van der Waals surface area (Å²) in [5.74, 6) is 0.146. The molecule has 1 aromatic carbocycles. The second-order valence-electron chi connectivity index (χ2n) is 7.02. The molecule has 3 amide bonds. The van der Waals surface area contributed by atoms with Gasteiger partial charge in [0.2, 0.25) is 11.8 Å². The molecule has 8 heteroatoms. The molecular formula is C18H21N3O5. The predicted molar refractivity (Wildman–Crippen MR) is 90.7 cm³/mol. The van der Waals surface area contributed by atoms with Crippen LogP contribution < -0.4 is 20.5 Å². The number of hydrogen-bond donors (Lipinski definition) is 2. The van der Waals surface area contributed by atoms with Gasteiger partial charge in [-0.3, -0.25) is 19.7 Å². The summed E-state index contributed by atoms with van der Waals surface area (Å²) in [6.07, 6.45) is 2.18. The predicted octanol–water partition coefficient (Wildman–Crippen LogP) is 0.325. The number of piperidine rings is 1. The number of nitrogens with two attached hydrogens (primary N) is 1. The second kappa shape index (κ2) is 6.28. The van der Waals surface area contributed by atoms with Crippen LogP contribution in [0.4, 0.5) is 0 Å². The summed E-state index contributed by atoms with van der Waals surface area (Å²) in [4.78, 5) is 37.9. The van der Waals surface area contributed by atoms with Gasteiger partial charge in [0.05, 0.1) is 19.2 Å². The molecule has 1 atom stereocenters. The smallest absolute Gasteiger partial charge is 0.255 e. The van der Waals surface area contributed by atoms with Crippen LogP contribution in [-0.4, -0.2) is 47.9 Å². The van der Waals surface area contributed by atoms with E-state index in [9.17, 15) is 14.4 Å². The molecule has 0 bridgehead atoms. The van der Waals surface area contributed by atoms with E-state index in [1.165, 1.54) is 12.0 Å². The number of amides is 3. The van der Waals surface area contributed by atoms with Gasteiger partial charge in [-0.05, 0) is 25.3 Å². The monoisotopic (exact) mass is 359 g/mol. The van der Waals surface area contributed by atoms with Crippen LogP contribution in [0.5, 0.6) is 11.5 Å². The molecule has 3 N–H and O–H groups in total. The zero-order chi connectivity index (χ0) is 18.4. The lowest BCUT2D eigenvalue weighted by atomic mass is 9.90. The molecule has 138 valence electrons. The van der Waals surface area contributed by atoms with Crippen molar-refractivity contribution in [1.29, 1.82) is 0 Å². The Labute approximate surface area is 150 Å². The maximum absolute atomic E-state index is 12.9. The van der Waals surface area contributed by atoms with Crippen LogP contribution in [0.2, 0.25) is 0 Å². The number of methoxy groups -OCH3 is 1. The van der Waals surface area contributed by atoms with Gasteiger partial charge in [-0.15, -0.1) is 0 Å². The Morgan fingerprint density at radius 1 is 1.23 bits per heavy atom. The van der Waals surface area contributed by atoms with E-state index >= 15 is 0 Å². The molecule has 3 aliphatic rings. The van der Waals surface area contributed by atoms with Gasteiger partial charge < -0.3 is 20.1 Å². The number of imide groups is 1. The van der Waals surface area contributed by atoms with Crippen molar-refractivity contribution in [3.8, 4) is 11.5 Å². The molecule has 1 saturated carbocycles. The number of nitrogens with zero attached hydrogens (tertiary/aromatic N) is 1. The van der Waals surface area contributed by atoms with Crippen molar-refractivity contribution in [1.82, 2.24) is 10.2 Å². The lowest BCUT2D eigenvalue weighted by molar-refractivity contribution is -0.136. The number of fused-ring (bicyclic) bond motifs is 1. The molecule has 8 nitrogen and oxygen atoms in total. The Bertz CT molecular complexity index is 787. The van der Waals surface area contributed by atoms with Crippen LogP contribution in [0.15, 0.2) is 12.1 Å². The van der Waals surface area contributed by atoms with Crippen molar-refractivity contribution in [3.05, 3.63) is 23.3 Å². The molecule has 2 heterocycles. The van der Waals surface area contributed by atoms with Crippen molar-refractivity contribution in [2.24, 2.45) is 5.73 Å². The van der Waals surface area contributed by atoms with Crippen molar-refractivity contribution >= 4 is 17.7 Å². The SMILES string of the molecule is COc1cc(O[C@H]2C[C@H](N)C2)cc2c1CN(C1CCC(=O)NC1=O)C2=O. The third kappa shape index (κ3) is 2.80. The number of nitrogens with one attached hydrogen (secondary N) is 1. The van der Waals surface area contributed by atoms with Gasteiger partial charge in [0.1, 0.15) is 23.6 Å². The minimum absolute atomic E-state index is 0.0514. The lowest BCUT2D eigenvalue weighted by Gasteiger charge is -2.32. The minimum Gasteiger partial charge on any atom is -0.496 e. The van der Waals surface area contributed by atoms with E-state index in [-0.39, 0.29) is 36.9 Å². The van der Waals surface area contributed by atoms with Crippen molar-refractivity contribution < 1.29 is 23.9 Å². The molecule has 1 saturated heterocycles. The Hall–Kier alpha value is -2.61. The highest BCUT2D eigenvalue weighted by Gasteiger charge is 2.40. The molecule has 1 aromatic rings. The standard InChI is InChI=1S/C18H21N3O5/c1-25-15-7-11(26-10-4-9(19)5-10)6-12-13(15)8-21(18(12)24)14-2-3-16(22)20-17(14)23/h6-7,9-10,14H,2-5,8,19H2,1H3,(H,20,22,23)/t9-,10-,14?. The van der Waals surface area contributed by atoms with Gasteiger partial charge in [0.25, 0.3) is 5.91 Å². The largest absolute Gasteiger partial charge is 0.496 e. The summed E-state index contributed by atoms with van der Waals surface area (Å²) in [6, 6.07) is 2.99. The van der Waals surface area contributed by atoms with Crippen LogP contribution in [0.1, 0.15) is 41.6 Å². The molecule has 1 unspecified atom stereocenters. The quantitative estimate of drug-likeness (QED) is 0.749. The normalized spacial score (nSPS) is 27.7. The van der Waals surface area contributed by atoms with E-state index in [0.717, 1.165) is 18.4 Å². The van der Waals surface area contributed by atoms with Crippen molar-refractivity contribution in [2.75, 3.05) is 7.11 Å². The fourth-order valence-corrected chi connectivity index (χ4v) is 3.75. The highest BCUT2D eigenvalue weighted by Crippen LogP contribution is 2.38. The van der Waals surface area contributed by atoms with E-state index in [4.69, 9.17) is 15.2 Å². The van der Waals surface area contributed by atoms with E-state index in [1.807, 2.05) is 0 Å². The van der Waals surface area contributed by atoms with Crippen molar-refractivity contribution in [3.63, 3.8) is 0 Å². The number of hydrogen-bond acceptors (Lipinski definition) is 6. The Morgan fingerprint density at radius 2 is 2.00 bits per heavy atom. The Balaban J connectivity index is 1.58. The first kappa shape index (κ1) is 16.8. The van der Waals surface area contributed by atoms with Gasteiger partial charge in [0.15, 0.2) is 0 Å². The number of rotatable bonds is 4. The van der Waals surface area contributed by atoms with Crippen LogP contribution in [0.25, 0.3) is 0 Å². The van der Waals surface area contributed by atoms with Gasteiger partial charge in [-0.25, -0.2) is 0 Å². The molecule has 2 fully saturated rings. The zero-order valence-corrected chi connectivity index (χ0v) is 14.5. The number of benzene rings is 1. The number of carbonyl (C=O) groups excluding carboxylic acids is 3. The summed E-state index contributed by atoms with van der Waals surface area (Å²) in [5.41, 5.74) is 7.00. The summed E-state index contributed by atoms with van der Waals surface area (Å²) in [6.45, 7) is 0.276. The molecule has 0 radical (unpaired) electrons. The number of carbonyl (C=O) groups is 3. The topological polar surface area (TPSA) is 111 Å². The minimum atomic E-state index is -0.647. The molecule has 0 aromatic heterocycles. The maximum atomic E-state index is 12.9. The molecule has 4 rings (SSSR count). The average molecular weight is 359 g/mol. The van der Waals surface area contributed by atoms with Crippen LogP contribution in [-0.2, 0) is 16.1 Å². The molecule has 2 aliphatic heterocycles. The van der Waals surface area contributed by atoms with Crippen LogP contribution >= 0.6 is 0 Å². The molecule has 1 aliphatic carbocycles. The van der Waals surface area contributed by atoms with E-state index in [0.29, 0.717) is 23.5 Å². The molecule has 26 heavy (non-hydrogen) atoms. The van der Waals surface area contributed by atoms with Gasteiger partial charge >= 0.3 is 0 Å². The highest BCUT2D eigenvalue weighted by atomic mass is 16.5. The zero-order valence-electron chi connectivity index (χ0n) is 14.5. The van der Waals surface area contributed by atoms with E-state index < -0.39 is 11.9 Å². The maximum Gasteiger partial charge on any atom is 0.255 e. The highest BCUT2D eigenvalue weighted by molar-refractivity contribution is 6.05. The van der Waals surface area contributed by atoms with Gasteiger partial charge in [-0.2, -0.15) is 0 Å². The first-order chi connectivity index (χ1) is 12.5. The molecular weight excluding hydrogens is 338 g/mol. The fraction of sp³-hybridized carbons (Fsp3) is 0.500. The van der Waals surface area contributed by atoms with Gasteiger partial charge in [-0.1, -0.05) is 0 Å². The average Bonchev–Trinajstić information content (AvgIpc) is 2.90. The number of ether oxygens (including phenoxy) is 2. The Morgan fingerprint density at radius 3 is 2.65 bits per heavy atom. The summed E-state index contributed by atoms with van der Waals surface area (Å²) >= 11 is 0. The third-order valence-electron chi connectivity index (χ3n) is 5.24. The molecule has 0 spiro atoms. The first-order valence-corrected chi connectivity index (χ1v) is 8.74. The van der Waals surface area contributed by atoms with E-state index in [1.54, 1.807) is 12.1 Å². The second-order valence-corrected chi connectivity index (χ2v) is 7.02. The van der Waals surface area contributed by atoms with Crippen LogP contribution in [0.3, 0.4) is 0 Å². The van der Waals surface area contributed by atoms with Gasteiger partial charge in [0, 0.05) is 24.1 Å². The third-order valence-corrected chi connectivity index (χ3v) is 5.24. The Kier molecular flexibility index (Phi) is 4.07. The summed E-state index contributed by atoms with van der Waals surface area (Å²) < 4.78 is 11.3. The fourth-order valence-electron chi connectivity index (χ4n) is 3.75. The van der Waals surface area contributed by atoms with Crippen LogP contribution in [0, 0.1) is 0 Å². The van der Waals surface area contributed by atoms with E-state index in [2.05, 4.69) is 5.32 Å². The first-order valence-electron chi connectivity index (χ1n) is 8.74. The lowest BCUT2D eigenvalue weighted by Crippen LogP contribution is -2.52.